The van der Waals surface area contributed by atoms with E-state index in [4.69, 9.17) is 5.84 Å². The lowest BCUT2D eigenvalue weighted by Crippen LogP contribution is -2.31. The van der Waals surface area contributed by atoms with Crippen LogP contribution in [0.25, 0.3) is 0 Å². The van der Waals surface area contributed by atoms with Crippen molar-refractivity contribution >= 4 is 11.4 Å². The summed E-state index contributed by atoms with van der Waals surface area (Å²) in [5.41, 5.74) is 3.76. The van der Waals surface area contributed by atoms with Crippen molar-refractivity contribution in [1.29, 1.82) is 0 Å². The van der Waals surface area contributed by atoms with Crippen LogP contribution in [0.1, 0.15) is 24.8 Å². The molecule has 19 heavy (non-hydrogen) atoms. The summed E-state index contributed by atoms with van der Waals surface area (Å²) < 4.78 is 0. The zero-order chi connectivity index (χ0) is 13.4. The average Bonchev–Trinajstić information content (AvgIpc) is 3.01. The molecule has 1 aliphatic heterocycles. The van der Waals surface area contributed by atoms with E-state index >= 15 is 0 Å². The molecule has 6 nitrogen and oxygen atoms in total. The van der Waals surface area contributed by atoms with Crippen molar-refractivity contribution < 1.29 is 4.92 Å². The van der Waals surface area contributed by atoms with E-state index in [1.54, 1.807) is 12.1 Å². The van der Waals surface area contributed by atoms with Gasteiger partial charge in [-0.1, -0.05) is 6.07 Å². The molecule has 2 unspecified atom stereocenters. The van der Waals surface area contributed by atoms with E-state index in [0.29, 0.717) is 11.7 Å². The number of benzene rings is 1. The highest BCUT2D eigenvalue weighted by Crippen LogP contribution is 2.38. The van der Waals surface area contributed by atoms with Crippen molar-refractivity contribution in [3.63, 3.8) is 0 Å². The molecule has 6 heteroatoms. The fraction of sp³-hybridized carbons (Fsp3) is 0.538. The highest BCUT2D eigenvalue weighted by molar-refractivity contribution is 5.61. The summed E-state index contributed by atoms with van der Waals surface area (Å²) in [6, 6.07) is 5.90. The lowest BCUT2D eigenvalue weighted by Gasteiger charge is -2.26. The Labute approximate surface area is 111 Å². The van der Waals surface area contributed by atoms with Gasteiger partial charge < -0.3 is 5.43 Å². The molecule has 3 rings (SSSR count). The van der Waals surface area contributed by atoms with Crippen LogP contribution in [-0.2, 0) is 6.54 Å². The smallest absolute Gasteiger partial charge is 0.293 e. The Hall–Kier alpha value is -1.66. The van der Waals surface area contributed by atoms with Gasteiger partial charge in [0.2, 0.25) is 0 Å². The van der Waals surface area contributed by atoms with Gasteiger partial charge in [0.05, 0.1) is 4.92 Å². The molecule has 0 aromatic heterocycles. The van der Waals surface area contributed by atoms with E-state index in [1.807, 2.05) is 6.07 Å². The summed E-state index contributed by atoms with van der Waals surface area (Å²) in [5, 5.41) is 11.0. The molecule has 2 aliphatic rings. The van der Waals surface area contributed by atoms with Gasteiger partial charge in [-0.3, -0.25) is 20.9 Å². The summed E-state index contributed by atoms with van der Waals surface area (Å²) in [6.45, 7) is 1.93. The minimum absolute atomic E-state index is 0.0457. The summed E-state index contributed by atoms with van der Waals surface area (Å²) >= 11 is 0. The third kappa shape index (κ3) is 2.29. The molecule has 2 fully saturated rings. The van der Waals surface area contributed by atoms with Crippen molar-refractivity contribution in [1.82, 2.24) is 4.90 Å². The van der Waals surface area contributed by atoms with Gasteiger partial charge in [-0.25, -0.2) is 0 Å². The molecule has 0 radical (unpaired) electrons. The topological polar surface area (TPSA) is 84.4 Å². The third-order valence-corrected chi connectivity index (χ3v) is 4.32. The second-order valence-corrected chi connectivity index (χ2v) is 5.52. The van der Waals surface area contributed by atoms with Crippen LogP contribution in [0.5, 0.6) is 0 Å². The molecule has 0 spiro atoms. The molecule has 0 amide bonds. The number of hydrazine groups is 1. The van der Waals surface area contributed by atoms with Crippen molar-refractivity contribution in [3.05, 3.63) is 33.9 Å². The predicted octanol–water partition coefficient (Wildman–Crippen LogP) is 1.86. The van der Waals surface area contributed by atoms with Crippen LogP contribution in [-0.4, -0.2) is 22.4 Å². The Morgan fingerprint density at radius 2 is 2.32 bits per heavy atom. The van der Waals surface area contributed by atoms with Crippen LogP contribution in [0.2, 0.25) is 0 Å². The number of likely N-dealkylation sites (tertiary alicyclic amines) is 1. The number of nitro benzene ring substituents is 1. The van der Waals surface area contributed by atoms with E-state index < -0.39 is 4.92 Å². The maximum atomic E-state index is 11.0. The highest BCUT2D eigenvalue weighted by Gasteiger charge is 2.37. The maximum Gasteiger partial charge on any atom is 0.293 e. The first-order chi connectivity index (χ1) is 9.17. The van der Waals surface area contributed by atoms with Crippen molar-refractivity contribution in [3.8, 4) is 0 Å². The number of nitrogens with one attached hydrogen (secondary N) is 1. The summed E-state index contributed by atoms with van der Waals surface area (Å²) in [4.78, 5) is 13.0. The van der Waals surface area contributed by atoms with Gasteiger partial charge in [0.1, 0.15) is 5.69 Å². The molecule has 1 heterocycles. The number of anilines is 1. The molecule has 2 atom stereocenters. The SMILES string of the molecule is NNc1ccc(CN2CC3CCC2C3)cc1[N+](=O)[O-]. The van der Waals surface area contributed by atoms with Crippen LogP contribution in [0.4, 0.5) is 11.4 Å². The van der Waals surface area contributed by atoms with E-state index in [1.165, 1.54) is 19.3 Å². The van der Waals surface area contributed by atoms with Crippen LogP contribution in [0, 0.1) is 16.0 Å². The third-order valence-electron chi connectivity index (χ3n) is 4.32. The van der Waals surface area contributed by atoms with Crippen LogP contribution >= 0.6 is 0 Å². The number of fused-ring (bicyclic) bond motifs is 2. The molecule has 1 aromatic carbocycles. The minimum atomic E-state index is -0.394. The summed E-state index contributed by atoms with van der Waals surface area (Å²) in [5.74, 6) is 6.12. The average molecular weight is 262 g/mol. The Bertz CT molecular complexity index is 505. The fourth-order valence-corrected chi connectivity index (χ4v) is 3.40. The number of nitrogen functional groups attached to an aromatic ring is 1. The number of nitrogens with zero attached hydrogens (tertiary/aromatic N) is 2. The highest BCUT2D eigenvalue weighted by atomic mass is 16.6. The molecule has 3 N–H and O–H groups in total. The number of rotatable bonds is 4. The number of hydrogen-bond donors (Lipinski definition) is 2. The van der Waals surface area contributed by atoms with E-state index in [2.05, 4.69) is 10.3 Å². The second kappa shape index (κ2) is 4.79. The molecule has 1 saturated carbocycles. The zero-order valence-corrected chi connectivity index (χ0v) is 10.7. The van der Waals surface area contributed by atoms with Gasteiger partial charge in [-0.05, 0) is 36.8 Å². The van der Waals surface area contributed by atoms with Crippen LogP contribution in [0.15, 0.2) is 18.2 Å². The van der Waals surface area contributed by atoms with Gasteiger partial charge >= 0.3 is 0 Å². The number of nitrogens with two attached hydrogens (primary N) is 1. The Morgan fingerprint density at radius 1 is 1.47 bits per heavy atom. The second-order valence-electron chi connectivity index (χ2n) is 5.52. The molecule has 1 saturated heterocycles. The van der Waals surface area contributed by atoms with Crippen molar-refractivity contribution in [2.75, 3.05) is 12.0 Å². The normalized spacial score (nSPS) is 25.7. The molecule has 1 aliphatic carbocycles. The zero-order valence-electron chi connectivity index (χ0n) is 10.7. The van der Waals surface area contributed by atoms with E-state index in [-0.39, 0.29) is 5.69 Å². The van der Waals surface area contributed by atoms with Crippen molar-refractivity contribution in [2.45, 2.75) is 31.8 Å². The van der Waals surface area contributed by atoms with Gasteiger partial charge in [-0.2, -0.15) is 0 Å². The summed E-state index contributed by atoms with van der Waals surface area (Å²) in [6.07, 6.45) is 3.91. The number of piperidine rings is 1. The predicted molar refractivity (Wildman–Crippen MR) is 72.4 cm³/mol. The Kier molecular flexibility index (Phi) is 3.12. The first-order valence-corrected chi connectivity index (χ1v) is 6.65. The fourth-order valence-electron chi connectivity index (χ4n) is 3.40. The first kappa shape index (κ1) is 12.4. The van der Waals surface area contributed by atoms with Gasteiger partial charge in [0.25, 0.3) is 5.69 Å². The number of hydrogen-bond acceptors (Lipinski definition) is 5. The van der Waals surface area contributed by atoms with E-state index in [0.717, 1.165) is 24.6 Å². The molecule has 1 aromatic rings. The molecular formula is C13H18N4O2. The van der Waals surface area contributed by atoms with Gasteiger partial charge in [-0.15, -0.1) is 0 Å². The lowest BCUT2D eigenvalue weighted by molar-refractivity contribution is -0.384. The quantitative estimate of drug-likeness (QED) is 0.491. The van der Waals surface area contributed by atoms with Gasteiger partial charge in [0.15, 0.2) is 0 Å². The largest absolute Gasteiger partial charge is 0.318 e. The first-order valence-electron chi connectivity index (χ1n) is 6.65. The standard InChI is InChI=1S/C13H18N4O2/c14-15-12-4-2-10(6-13(12)17(18)19)8-16-7-9-1-3-11(16)5-9/h2,4,6,9,11,15H,1,3,5,7-8,14H2. The monoisotopic (exact) mass is 262 g/mol. The molecular weight excluding hydrogens is 244 g/mol. The lowest BCUT2D eigenvalue weighted by atomic mass is 10.1. The minimum Gasteiger partial charge on any atom is -0.318 e. The maximum absolute atomic E-state index is 11.0. The molecule has 2 bridgehead atoms. The van der Waals surface area contributed by atoms with Gasteiger partial charge in [0, 0.05) is 25.2 Å². The Balaban J connectivity index is 1.78. The summed E-state index contributed by atoms with van der Waals surface area (Å²) in [7, 11) is 0. The van der Waals surface area contributed by atoms with Crippen molar-refractivity contribution in [2.24, 2.45) is 11.8 Å². The molecule has 102 valence electrons. The number of nitro groups is 1. The Morgan fingerprint density at radius 3 is 2.89 bits per heavy atom. The van der Waals surface area contributed by atoms with E-state index in [9.17, 15) is 10.1 Å². The van der Waals surface area contributed by atoms with Crippen LogP contribution < -0.4 is 11.3 Å². The van der Waals surface area contributed by atoms with Crippen LogP contribution in [0.3, 0.4) is 0 Å².